The Balaban J connectivity index is 1.34. The lowest BCUT2D eigenvalue weighted by atomic mass is 10.1. The van der Waals surface area contributed by atoms with E-state index in [-0.39, 0.29) is 5.91 Å². The van der Waals surface area contributed by atoms with Crippen LogP contribution in [0.2, 0.25) is 0 Å². The second-order valence-electron chi connectivity index (χ2n) is 8.01. The Morgan fingerprint density at radius 3 is 2.97 bits per heavy atom. The molecule has 1 amide bonds. The molecule has 1 aromatic carbocycles. The fraction of sp³-hybridized carbons (Fsp3) is 0.261. The molecule has 3 aromatic heterocycles. The standard InChI is InChI=1S/C23H24N6O/c1-14-3-2-8-29(14)13-18-10-17-12-25-22(11-20(17)26-18)28-23(30)16-4-6-19-15(9-16)5-7-21(24)27-19/h4-7,9-12,14,26H,2-3,8,13H2,1H3,(H2,24,27)(H,25,28,30)/t14-/m0/s1. The summed E-state index contributed by atoms with van der Waals surface area (Å²) in [6.07, 6.45) is 4.32. The fourth-order valence-electron chi connectivity index (χ4n) is 4.16. The van der Waals surface area contributed by atoms with Crippen LogP contribution in [0.1, 0.15) is 35.8 Å². The van der Waals surface area contributed by atoms with Crippen molar-refractivity contribution in [1.82, 2.24) is 19.9 Å². The number of nitrogens with zero attached hydrogens (tertiary/aromatic N) is 3. The Labute approximate surface area is 174 Å². The molecule has 0 aliphatic carbocycles. The molecular weight excluding hydrogens is 376 g/mol. The zero-order valence-corrected chi connectivity index (χ0v) is 16.9. The molecule has 7 nitrogen and oxygen atoms in total. The monoisotopic (exact) mass is 400 g/mol. The third-order valence-electron chi connectivity index (χ3n) is 5.84. The summed E-state index contributed by atoms with van der Waals surface area (Å²) in [5, 5.41) is 4.80. The number of H-pyrrole nitrogens is 1. The SMILES string of the molecule is C[C@H]1CCCN1Cc1cc2cnc(NC(=O)c3ccc4nc(N)ccc4c3)cc2[nH]1. The number of fused-ring (bicyclic) bond motifs is 2. The predicted octanol–water partition coefficient (Wildman–Crippen LogP) is 3.93. The molecule has 1 aliphatic rings. The summed E-state index contributed by atoms with van der Waals surface area (Å²) in [7, 11) is 0. The van der Waals surface area contributed by atoms with E-state index in [1.807, 2.05) is 12.1 Å². The third-order valence-corrected chi connectivity index (χ3v) is 5.84. The molecule has 1 aliphatic heterocycles. The van der Waals surface area contributed by atoms with Crippen molar-refractivity contribution in [3.8, 4) is 0 Å². The molecule has 0 saturated carbocycles. The number of likely N-dealkylation sites (tertiary alicyclic amines) is 1. The molecule has 0 spiro atoms. The van der Waals surface area contributed by atoms with Crippen molar-refractivity contribution >= 4 is 39.3 Å². The summed E-state index contributed by atoms with van der Waals surface area (Å²) in [4.78, 5) is 27.4. The van der Waals surface area contributed by atoms with Crippen LogP contribution >= 0.6 is 0 Å². The summed E-state index contributed by atoms with van der Waals surface area (Å²) in [5.74, 6) is 0.769. The van der Waals surface area contributed by atoms with Crippen LogP contribution in [-0.4, -0.2) is 38.3 Å². The van der Waals surface area contributed by atoms with Crippen LogP contribution in [0.4, 0.5) is 11.6 Å². The smallest absolute Gasteiger partial charge is 0.256 e. The summed E-state index contributed by atoms with van der Waals surface area (Å²) in [5.41, 5.74) is 9.17. The van der Waals surface area contributed by atoms with Gasteiger partial charge in [0, 0.05) is 46.9 Å². The number of rotatable bonds is 4. The first-order chi connectivity index (χ1) is 14.5. The van der Waals surface area contributed by atoms with Gasteiger partial charge >= 0.3 is 0 Å². The van der Waals surface area contributed by atoms with Crippen molar-refractivity contribution < 1.29 is 4.79 Å². The molecule has 30 heavy (non-hydrogen) atoms. The molecule has 0 radical (unpaired) electrons. The van der Waals surface area contributed by atoms with Gasteiger partial charge in [-0.05, 0) is 62.7 Å². The number of pyridine rings is 2. The molecule has 7 heteroatoms. The van der Waals surface area contributed by atoms with Crippen molar-refractivity contribution in [3.05, 3.63) is 59.9 Å². The number of aromatic amines is 1. The maximum atomic E-state index is 12.7. The average molecular weight is 400 g/mol. The Hall–Kier alpha value is -3.45. The number of nitrogen functional groups attached to an aromatic ring is 1. The van der Waals surface area contributed by atoms with Gasteiger partial charge in [-0.2, -0.15) is 0 Å². The lowest BCUT2D eigenvalue weighted by Gasteiger charge is -2.19. The van der Waals surface area contributed by atoms with Gasteiger partial charge in [-0.3, -0.25) is 9.69 Å². The van der Waals surface area contributed by atoms with Gasteiger partial charge < -0.3 is 16.0 Å². The quantitative estimate of drug-likeness (QED) is 0.482. The Kier molecular flexibility index (Phi) is 4.59. The summed E-state index contributed by atoms with van der Waals surface area (Å²) in [6, 6.07) is 13.6. The highest BCUT2D eigenvalue weighted by molar-refractivity contribution is 6.06. The highest BCUT2D eigenvalue weighted by Crippen LogP contribution is 2.23. The number of hydrogen-bond acceptors (Lipinski definition) is 5. The van der Waals surface area contributed by atoms with E-state index < -0.39 is 0 Å². The van der Waals surface area contributed by atoms with Gasteiger partial charge in [0.2, 0.25) is 0 Å². The number of carbonyl (C=O) groups is 1. The number of amides is 1. The molecule has 4 aromatic rings. The number of aromatic nitrogens is 3. The van der Waals surface area contributed by atoms with Crippen LogP contribution in [0.3, 0.4) is 0 Å². The topological polar surface area (TPSA) is 99.9 Å². The summed E-state index contributed by atoms with van der Waals surface area (Å²) in [6.45, 7) is 4.33. The largest absolute Gasteiger partial charge is 0.384 e. The van der Waals surface area contributed by atoms with Gasteiger partial charge in [0.15, 0.2) is 0 Å². The number of anilines is 2. The second-order valence-corrected chi connectivity index (χ2v) is 8.01. The number of benzene rings is 1. The first-order valence-corrected chi connectivity index (χ1v) is 10.2. The highest BCUT2D eigenvalue weighted by Gasteiger charge is 2.20. The van der Waals surface area contributed by atoms with Crippen LogP contribution in [0.25, 0.3) is 21.8 Å². The van der Waals surface area contributed by atoms with E-state index >= 15 is 0 Å². The van der Waals surface area contributed by atoms with Gasteiger partial charge in [-0.15, -0.1) is 0 Å². The van der Waals surface area contributed by atoms with Crippen molar-refractivity contribution in [3.63, 3.8) is 0 Å². The molecule has 4 N–H and O–H groups in total. The average Bonchev–Trinajstić information content (AvgIpc) is 3.32. The first-order valence-electron chi connectivity index (χ1n) is 10.2. The van der Waals surface area contributed by atoms with Crippen LogP contribution in [0.15, 0.2) is 48.7 Å². The van der Waals surface area contributed by atoms with Crippen molar-refractivity contribution in [2.75, 3.05) is 17.6 Å². The maximum Gasteiger partial charge on any atom is 0.256 e. The van der Waals surface area contributed by atoms with E-state index in [0.29, 0.717) is 23.2 Å². The number of nitrogens with one attached hydrogen (secondary N) is 2. The number of carbonyl (C=O) groups excluding carboxylic acids is 1. The van der Waals surface area contributed by atoms with Crippen molar-refractivity contribution in [2.24, 2.45) is 0 Å². The van der Waals surface area contributed by atoms with Crippen LogP contribution in [-0.2, 0) is 6.54 Å². The van der Waals surface area contributed by atoms with E-state index in [9.17, 15) is 4.79 Å². The van der Waals surface area contributed by atoms with Crippen LogP contribution in [0, 0.1) is 0 Å². The third kappa shape index (κ3) is 3.59. The van der Waals surface area contributed by atoms with Crippen molar-refractivity contribution in [1.29, 1.82) is 0 Å². The molecule has 5 rings (SSSR count). The van der Waals surface area contributed by atoms with E-state index in [1.54, 1.807) is 30.5 Å². The van der Waals surface area contributed by atoms with E-state index in [2.05, 4.69) is 38.2 Å². The Bertz CT molecular complexity index is 1250. The maximum absolute atomic E-state index is 12.7. The van der Waals surface area contributed by atoms with E-state index in [1.165, 1.54) is 18.5 Å². The highest BCUT2D eigenvalue weighted by atomic mass is 16.1. The fourth-order valence-corrected chi connectivity index (χ4v) is 4.16. The van der Waals surface area contributed by atoms with Gasteiger partial charge in [-0.1, -0.05) is 0 Å². The van der Waals surface area contributed by atoms with Gasteiger partial charge in [0.25, 0.3) is 5.91 Å². The van der Waals surface area contributed by atoms with Gasteiger partial charge in [-0.25, -0.2) is 9.97 Å². The van der Waals surface area contributed by atoms with E-state index in [0.717, 1.165) is 34.9 Å². The zero-order valence-electron chi connectivity index (χ0n) is 16.9. The molecule has 0 unspecified atom stereocenters. The predicted molar refractivity (Wildman–Crippen MR) is 119 cm³/mol. The van der Waals surface area contributed by atoms with Crippen molar-refractivity contribution in [2.45, 2.75) is 32.4 Å². The van der Waals surface area contributed by atoms with Gasteiger partial charge in [0.1, 0.15) is 11.6 Å². The molecule has 0 bridgehead atoms. The Morgan fingerprint density at radius 2 is 2.13 bits per heavy atom. The minimum absolute atomic E-state index is 0.210. The van der Waals surface area contributed by atoms with Crippen LogP contribution < -0.4 is 11.1 Å². The van der Waals surface area contributed by atoms with Gasteiger partial charge in [0.05, 0.1) is 11.0 Å². The Morgan fingerprint density at radius 1 is 1.23 bits per heavy atom. The van der Waals surface area contributed by atoms with E-state index in [4.69, 9.17) is 5.73 Å². The molecule has 152 valence electrons. The molecule has 4 heterocycles. The summed E-state index contributed by atoms with van der Waals surface area (Å²) >= 11 is 0. The first kappa shape index (κ1) is 18.6. The minimum atomic E-state index is -0.210. The lowest BCUT2D eigenvalue weighted by molar-refractivity contribution is 0.102. The molecule has 1 atom stereocenters. The van der Waals surface area contributed by atoms with Crippen LogP contribution in [0.5, 0.6) is 0 Å². The molecule has 1 saturated heterocycles. The lowest BCUT2D eigenvalue weighted by Crippen LogP contribution is -2.26. The molecule has 1 fully saturated rings. The molecular formula is C23H24N6O. The zero-order chi connectivity index (χ0) is 20.7. The second kappa shape index (κ2) is 7.42. The normalized spacial score (nSPS) is 17.0. The number of hydrogen-bond donors (Lipinski definition) is 3. The number of nitrogens with two attached hydrogens (primary N) is 1. The minimum Gasteiger partial charge on any atom is -0.384 e. The summed E-state index contributed by atoms with van der Waals surface area (Å²) < 4.78 is 0.